The number of benzene rings is 1. The zero-order valence-electron chi connectivity index (χ0n) is 10.8. The summed E-state index contributed by atoms with van der Waals surface area (Å²) in [4.78, 5) is 4.43. The topological polar surface area (TPSA) is 31.4 Å². The van der Waals surface area contributed by atoms with E-state index in [1.54, 1.807) is 0 Å². The van der Waals surface area contributed by atoms with Gasteiger partial charge in [0.25, 0.3) is 0 Å². The van der Waals surface area contributed by atoms with Gasteiger partial charge in [-0.2, -0.15) is 0 Å². The van der Waals surface area contributed by atoms with Crippen LogP contribution < -0.4 is 9.47 Å². The second-order valence-corrected chi connectivity index (χ2v) is 4.44. The average molecular weight is 253 g/mol. The lowest BCUT2D eigenvalue weighted by atomic mass is 10.1. The monoisotopic (exact) mass is 253 g/mol. The molecule has 0 radical (unpaired) electrons. The Hall–Kier alpha value is -2.29. The largest absolute Gasteiger partial charge is 0.486 e. The Bertz CT molecular complexity index is 620. The van der Waals surface area contributed by atoms with Crippen LogP contribution in [-0.2, 0) is 0 Å². The molecule has 3 heteroatoms. The van der Waals surface area contributed by atoms with Crippen molar-refractivity contribution >= 4 is 12.2 Å². The number of aromatic nitrogens is 1. The summed E-state index contributed by atoms with van der Waals surface area (Å²) in [5.74, 6) is 1.63. The first kappa shape index (κ1) is 11.8. The first-order valence-corrected chi connectivity index (χ1v) is 6.33. The number of fused-ring (bicyclic) bond motifs is 1. The Morgan fingerprint density at radius 3 is 2.68 bits per heavy atom. The molecule has 2 aromatic rings. The van der Waals surface area contributed by atoms with Crippen molar-refractivity contribution in [1.29, 1.82) is 0 Å². The third kappa shape index (κ3) is 2.76. The van der Waals surface area contributed by atoms with Crippen molar-refractivity contribution in [2.75, 3.05) is 13.2 Å². The molecular formula is C16H15NO2. The summed E-state index contributed by atoms with van der Waals surface area (Å²) in [6, 6.07) is 11.9. The molecule has 0 N–H and O–H groups in total. The van der Waals surface area contributed by atoms with Crippen molar-refractivity contribution in [2.45, 2.75) is 6.92 Å². The summed E-state index contributed by atoms with van der Waals surface area (Å²) in [6.45, 7) is 3.22. The van der Waals surface area contributed by atoms with Crippen molar-refractivity contribution in [1.82, 2.24) is 4.98 Å². The van der Waals surface area contributed by atoms with Gasteiger partial charge in [0.15, 0.2) is 11.5 Å². The van der Waals surface area contributed by atoms with E-state index < -0.39 is 0 Å². The van der Waals surface area contributed by atoms with Crippen LogP contribution in [0.1, 0.15) is 17.0 Å². The van der Waals surface area contributed by atoms with Crippen LogP contribution in [-0.4, -0.2) is 18.2 Å². The third-order valence-corrected chi connectivity index (χ3v) is 2.92. The Morgan fingerprint density at radius 1 is 1.00 bits per heavy atom. The molecule has 1 aliphatic heterocycles. The predicted octanol–water partition coefficient (Wildman–Crippen LogP) is 3.33. The van der Waals surface area contributed by atoms with E-state index in [1.807, 2.05) is 55.5 Å². The van der Waals surface area contributed by atoms with Gasteiger partial charge in [0.2, 0.25) is 0 Å². The molecule has 3 rings (SSSR count). The summed E-state index contributed by atoms with van der Waals surface area (Å²) < 4.78 is 11.1. The van der Waals surface area contributed by atoms with E-state index in [9.17, 15) is 0 Å². The normalized spacial score (nSPS) is 13.7. The molecule has 0 saturated heterocycles. The van der Waals surface area contributed by atoms with Crippen LogP contribution in [0.4, 0.5) is 0 Å². The minimum absolute atomic E-state index is 0.611. The average Bonchev–Trinajstić information content (AvgIpc) is 2.45. The summed E-state index contributed by atoms with van der Waals surface area (Å²) in [5.41, 5.74) is 3.05. The Kier molecular flexibility index (Phi) is 3.19. The standard InChI is InChI=1S/C16H15NO2/c1-12-3-2-4-14(17-12)7-5-13-6-8-15-16(11-13)19-10-9-18-15/h2-8,11H,9-10H2,1H3/b7-5+. The molecule has 0 aliphatic carbocycles. The van der Waals surface area contributed by atoms with Crippen LogP contribution in [0.3, 0.4) is 0 Å². The maximum absolute atomic E-state index is 5.56. The van der Waals surface area contributed by atoms with Crippen LogP contribution in [0.15, 0.2) is 36.4 Å². The van der Waals surface area contributed by atoms with E-state index in [4.69, 9.17) is 9.47 Å². The minimum atomic E-state index is 0.611. The van der Waals surface area contributed by atoms with Crippen molar-refractivity contribution in [3.63, 3.8) is 0 Å². The van der Waals surface area contributed by atoms with Gasteiger partial charge in [0.1, 0.15) is 13.2 Å². The van der Waals surface area contributed by atoms with Gasteiger partial charge in [-0.3, -0.25) is 4.98 Å². The molecule has 3 nitrogen and oxygen atoms in total. The molecule has 2 heterocycles. The summed E-state index contributed by atoms with van der Waals surface area (Å²) in [6.07, 6.45) is 4.03. The Labute approximate surface area is 112 Å². The maximum atomic E-state index is 5.56. The molecule has 0 bridgehead atoms. The molecule has 1 aromatic carbocycles. The lowest BCUT2D eigenvalue weighted by molar-refractivity contribution is 0.171. The van der Waals surface area contributed by atoms with E-state index in [-0.39, 0.29) is 0 Å². The summed E-state index contributed by atoms with van der Waals surface area (Å²) in [5, 5.41) is 0. The summed E-state index contributed by atoms with van der Waals surface area (Å²) in [7, 11) is 0. The van der Waals surface area contributed by atoms with Gasteiger partial charge in [-0.1, -0.05) is 18.2 Å². The number of hydrogen-bond acceptors (Lipinski definition) is 3. The smallest absolute Gasteiger partial charge is 0.161 e. The van der Waals surface area contributed by atoms with Gasteiger partial charge >= 0.3 is 0 Å². The van der Waals surface area contributed by atoms with Crippen LogP contribution in [0.2, 0.25) is 0 Å². The highest BCUT2D eigenvalue weighted by molar-refractivity contribution is 5.69. The molecule has 1 aliphatic rings. The summed E-state index contributed by atoms with van der Waals surface area (Å²) >= 11 is 0. The maximum Gasteiger partial charge on any atom is 0.161 e. The molecule has 0 atom stereocenters. The second kappa shape index (κ2) is 5.14. The zero-order valence-corrected chi connectivity index (χ0v) is 10.8. The van der Waals surface area contributed by atoms with Crippen LogP contribution in [0.5, 0.6) is 11.5 Å². The number of aryl methyl sites for hydroxylation is 1. The van der Waals surface area contributed by atoms with Gasteiger partial charge in [-0.05, 0) is 42.8 Å². The first-order chi connectivity index (χ1) is 9.31. The van der Waals surface area contributed by atoms with Gasteiger partial charge in [-0.25, -0.2) is 0 Å². The number of rotatable bonds is 2. The van der Waals surface area contributed by atoms with E-state index in [0.717, 1.165) is 28.5 Å². The quantitative estimate of drug-likeness (QED) is 0.822. The zero-order chi connectivity index (χ0) is 13.1. The third-order valence-electron chi connectivity index (χ3n) is 2.92. The predicted molar refractivity (Wildman–Crippen MR) is 75.3 cm³/mol. The lowest BCUT2D eigenvalue weighted by Gasteiger charge is -2.18. The van der Waals surface area contributed by atoms with Gasteiger partial charge in [0, 0.05) is 5.69 Å². The van der Waals surface area contributed by atoms with Crippen LogP contribution in [0, 0.1) is 6.92 Å². The van der Waals surface area contributed by atoms with Gasteiger partial charge in [-0.15, -0.1) is 0 Å². The van der Waals surface area contributed by atoms with E-state index >= 15 is 0 Å². The fourth-order valence-corrected chi connectivity index (χ4v) is 2.00. The highest BCUT2D eigenvalue weighted by Crippen LogP contribution is 2.31. The van der Waals surface area contributed by atoms with Crippen molar-refractivity contribution in [3.05, 3.63) is 53.3 Å². The number of ether oxygens (including phenoxy) is 2. The lowest BCUT2D eigenvalue weighted by Crippen LogP contribution is -2.15. The molecule has 0 amide bonds. The Morgan fingerprint density at radius 2 is 1.84 bits per heavy atom. The van der Waals surface area contributed by atoms with E-state index in [2.05, 4.69) is 4.98 Å². The minimum Gasteiger partial charge on any atom is -0.486 e. The van der Waals surface area contributed by atoms with E-state index in [1.165, 1.54) is 0 Å². The second-order valence-electron chi connectivity index (χ2n) is 4.44. The highest BCUT2D eigenvalue weighted by Gasteiger charge is 2.10. The molecule has 96 valence electrons. The van der Waals surface area contributed by atoms with Crippen molar-refractivity contribution < 1.29 is 9.47 Å². The van der Waals surface area contributed by atoms with Crippen LogP contribution in [0.25, 0.3) is 12.2 Å². The van der Waals surface area contributed by atoms with Crippen LogP contribution >= 0.6 is 0 Å². The van der Waals surface area contributed by atoms with E-state index in [0.29, 0.717) is 13.2 Å². The molecule has 0 spiro atoms. The number of pyridine rings is 1. The molecule has 0 fully saturated rings. The number of hydrogen-bond donors (Lipinski definition) is 0. The molecule has 1 aromatic heterocycles. The SMILES string of the molecule is Cc1cccc(/C=C/c2ccc3c(c2)OCCO3)n1. The highest BCUT2D eigenvalue weighted by atomic mass is 16.6. The fourth-order valence-electron chi connectivity index (χ4n) is 2.00. The first-order valence-electron chi connectivity index (χ1n) is 6.33. The molecule has 19 heavy (non-hydrogen) atoms. The Balaban J connectivity index is 1.83. The molecular weight excluding hydrogens is 238 g/mol. The van der Waals surface area contributed by atoms with Gasteiger partial charge in [0.05, 0.1) is 5.69 Å². The molecule has 0 unspecified atom stereocenters. The number of nitrogens with zero attached hydrogens (tertiary/aromatic N) is 1. The molecule has 0 saturated carbocycles. The van der Waals surface area contributed by atoms with Crippen molar-refractivity contribution in [3.8, 4) is 11.5 Å². The fraction of sp³-hybridized carbons (Fsp3) is 0.188. The van der Waals surface area contributed by atoms with Crippen molar-refractivity contribution in [2.24, 2.45) is 0 Å². The van der Waals surface area contributed by atoms with Gasteiger partial charge < -0.3 is 9.47 Å².